The van der Waals surface area contributed by atoms with Crippen LogP contribution in [0.15, 0.2) is 60.8 Å². The highest BCUT2D eigenvalue weighted by Gasteiger charge is 2.08. The number of rotatable bonds is 6. The fraction of sp³-hybridized carbons (Fsp3) is 0.182. The van der Waals surface area contributed by atoms with Crippen LogP contribution in [-0.4, -0.2) is 34.8 Å². The van der Waals surface area contributed by atoms with Gasteiger partial charge in [0.05, 0.1) is 16.3 Å². The molecule has 0 aliphatic carbocycles. The first kappa shape index (κ1) is 18.4. The monoisotopic (exact) mass is 390 g/mol. The van der Waals surface area contributed by atoms with Gasteiger partial charge in [-0.1, -0.05) is 24.3 Å². The molecular weight excluding hydrogens is 368 g/mol. The van der Waals surface area contributed by atoms with Crippen LogP contribution in [0.25, 0.3) is 31.9 Å². The first-order valence-electron chi connectivity index (χ1n) is 9.19. The number of aromatic nitrogens is 2. The van der Waals surface area contributed by atoms with Crippen molar-refractivity contribution in [1.82, 2.24) is 9.97 Å². The largest absolute Gasteiger partial charge is 0.392 e. The Morgan fingerprint density at radius 1 is 1.00 bits per heavy atom. The number of aliphatic hydroxyl groups excluding tert-OH is 1. The second-order valence-electron chi connectivity index (χ2n) is 6.69. The molecule has 0 radical (unpaired) electrons. The van der Waals surface area contributed by atoms with Crippen molar-refractivity contribution in [1.29, 1.82) is 0 Å². The maximum Gasteiger partial charge on any atom is 0.125 e. The molecule has 2 heterocycles. The summed E-state index contributed by atoms with van der Waals surface area (Å²) in [5, 5.41) is 16.7. The van der Waals surface area contributed by atoms with Crippen molar-refractivity contribution in [2.75, 3.05) is 24.2 Å². The molecule has 0 aliphatic rings. The van der Waals surface area contributed by atoms with E-state index in [4.69, 9.17) is 4.98 Å². The van der Waals surface area contributed by atoms with Gasteiger partial charge in [0.1, 0.15) is 10.8 Å². The number of nitrogens with one attached hydrogen (secondary N) is 2. The summed E-state index contributed by atoms with van der Waals surface area (Å²) in [4.78, 5) is 9.14. The Balaban J connectivity index is 1.57. The SMILES string of the molecule is CNc1ccc(-c2ccc(-c3nc4ccc(NC[C@H](C)O)cc4s3)cc2)cn1. The molecule has 142 valence electrons. The molecule has 0 fully saturated rings. The fourth-order valence-corrected chi connectivity index (χ4v) is 3.95. The molecular formula is C22H22N4OS. The summed E-state index contributed by atoms with van der Waals surface area (Å²) in [5.41, 5.74) is 5.30. The number of fused-ring (bicyclic) bond motifs is 1. The van der Waals surface area contributed by atoms with Crippen molar-refractivity contribution in [3.63, 3.8) is 0 Å². The predicted octanol–water partition coefficient (Wildman–Crippen LogP) is 4.86. The van der Waals surface area contributed by atoms with Gasteiger partial charge < -0.3 is 15.7 Å². The van der Waals surface area contributed by atoms with E-state index < -0.39 is 0 Å². The van der Waals surface area contributed by atoms with Crippen LogP contribution in [0.4, 0.5) is 11.5 Å². The molecule has 4 rings (SSSR count). The predicted molar refractivity (Wildman–Crippen MR) is 118 cm³/mol. The minimum atomic E-state index is -0.379. The topological polar surface area (TPSA) is 70.1 Å². The zero-order valence-corrected chi connectivity index (χ0v) is 16.6. The minimum Gasteiger partial charge on any atom is -0.392 e. The van der Waals surface area contributed by atoms with Crippen molar-refractivity contribution in [3.8, 4) is 21.7 Å². The molecule has 2 aromatic heterocycles. The highest BCUT2D eigenvalue weighted by Crippen LogP contribution is 2.33. The van der Waals surface area contributed by atoms with E-state index in [1.165, 1.54) is 0 Å². The van der Waals surface area contributed by atoms with Crippen LogP contribution in [-0.2, 0) is 0 Å². The molecule has 0 bridgehead atoms. The van der Waals surface area contributed by atoms with Gasteiger partial charge in [-0.15, -0.1) is 11.3 Å². The lowest BCUT2D eigenvalue weighted by Crippen LogP contribution is -2.15. The number of benzene rings is 2. The van der Waals surface area contributed by atoms with E-state index in [1.54, 1.807) is 18.3 Å². The minimum absolute atomic E-state index is 0.379. The van der Waals surface area contributed by atoms with Gasteiger partial charge in [-0.3, -0.25) is 0 Å². The van der Waals surface area contributed by atoms with E-state index in [0.29, 0.717) is 6.54 Å². The summed E-state index contributed by atoms with van der Waals surface area (Å²) in [6.45, 7) is 2.30. The summed E-state index contributed by atoms with van der Waals surface area (Å²) in [6, 6.07) is 18.6. The van der Waals surface area contributed by atoms with Crippen LogP contribution in [0.5, 0.6) is 0 Å². The van der Waals surface area contributed by atoms with Gasteiger partial charge in [-0.25, -0.2) is 9.97 Å². The van der Waals surface area contributed by atoms with E-state index in [0.717, 1.165) is 43.4 Å². The highest BCUT2D eigenvalue weighted by atomic mass is 32.1. The summed E-state index contributed by atoms with van der Waals surface area (Å²) in [6.07, 6.45) is 1.50. The summed E-state index contributed by atoms with van der Waals surface area (Å²) in [5.74, 6) is 0.858. The lowest BCUT2D eigenvalue weighted by atomic mass is 10.1. The molecule has 5 nitrogen and oxygen atoms in total. The van der Waals surface area contributed by atoms with Crippen molar-refractivity contribution in [3.05, 3.63) is 60.8 Å². The van der Waals surface area contributed by atoms with E-state index in [2.05, 4.69) is 52.0 Å². The molecule has 0 aliphatic heterocycles. The van der Waals surface area contributed by atoms with Crippen LogP contribution < -0.4 is 10.6 Å². The first-order chi connectivity index (χ1) is 13.6. The highest BCUT2D eigenvalue weighted by molar-refractivity contribution is 7.21. The zero-order chi connectivity index (χ0) is 19.5. The van der Waals surface area contributed by atoms with Gasteiger partial charge in [-0.05, 0) is 42.8 Å². The van der Waals surface area contributed by atoms with Crippen LogP contribution >= 0.6 is 11.3 Å². The number of pyridine rings is 1. The van der Waals surface area contributed by atoms with Crippen LogP contribution in [0.1, 0.15) is 6.92 Å². The number of anilines is 2. The lowest BCUT2D eigenvalue weighted by Gasteiger charge is -2.07. The van der Waals surface area contributed by atoms with E-state index >= 15 is 0 Å². The van der Waals surface area contributed by atoms with Crippen LogP contribution in [0, 0.1) is 0 Å². The smallest absolute Gasteiger partial charge is 0.125 e. The Kier molecular flexibility index (Phi) is 5.23. The van der Waals surface area contributed by atoms with Gasteiger partial charge in [0, 0.05) is 36.6 Å². The first-order valence-corrected chi connectivity index (χ1v) is 10.0. The average Bonchev–Trinajstić information content (AvgIpc) is 3.16. The molecule has 4 aromatic rings. The van der Waals surface area contributed by atoms with Gasteiger partial charge in [0.2, 0.25) is 0 Å². The molecule has 1 atom stereocenters. The molecule has 2 aromatic carbocycles. The normalized spacial score (nSPS) is 12.1. The Morgan fingerprint density at radius 3 is 2.43 bits per heavy atom. The second-order valence-corrected chi connectivity index (χ2v) is 7.72. The van der Waals surface area contributed by atoms with Crippen LogP contribution in [0.3, 0.4) is 0 Å². The Morgan fingerprint density at radius 2 is 1.75 bits per heavy atom. The summed E-state index contributed by atoms with van der Waals surface area (Å²) in [7, 11) is 1.86. The summed E-state index contributed by atoms with van der Waals surface area (Å²) >= 11 is 1.67. The Hall–Kier alpha value is -2.96. The Bertz CT molecular complexity index is 1070. The van der Waals surface area contributed by atoms with Crippen molar-refractivity contribution in [2.45, 2.75) is 13.0 Å². The third-order valence-corrected chi connectivity index (χ3v) is 5.54. The van der Waals surface area contributed by atoms with Crippen molar-refractivity contribution in [2.24, 2.45) is 0 Å². The summed E-state index contributed by atoms with van der Waals surface area (Å²) < 4.78 is 1.13. The number of hydrogen-bond donors (Lipinski definition) is 3. The number of hydrogen-bond acceptors (Lipinski definition) is 6. The van der Waals surface area contributed by atoms with E-state index in [-0.39, 0.29) is 6.10 Å². The van der Waals surface area contributed by atoms with E-state index in [1.807, 2.05) is 31.4 Å². The molecule has 3 N–H and O–H groups in total. The maximum atomic E-state index is 9.43. The maximum absolute atomic E-state index is 9.43. The standard InChI is InChI=1S/C22H22N4OS/c1-14(27)12-24-18-8-9-19-20(11-18)28-22(26-19)16-5-3-15(4-6-16)17-7-10-21(23-2)25-13-17/h3-11,13-14,24,27H,12H2,1-2H3,(H,23,25)/t14-/m0/s1. The van der Waals surface area contributed by atoms with Crippen LogP contribution in [0.2, 0.25) is 0 Å². The van der Waals surface area contributed by atoms with Gasteiger partial charge in [-0.2, -0.15) is 0 Å². The van der Waals surface area contributed by atoms with Crippen molar-refractivity contribution >= 4 is 33.1 Å². The lowest BCUT2D eigenvalue weighted by molar-refractivity contribution is 0.208. The molecule has 0 unspecified atom stereocenters. The third kappa shape index (κ3) is 3.98. The number of aliphatic hydroxyl groups is 1. The fourth-order valence-electron chi connectivity index (χ4n) is 2.94. The van der Waals surface area contributed by atoms with Crippen molar-refractivity contribution < 1.29 is 5.11 Å². The van der Waals surface area contributed by atoms with Gasteiger partial charge in [0.15, 0.2) is 0 Å². The number of thiazole rings is 1. The molecule has 0 spiro atoms. The van der Waals surface area contributed by atoms with E-state index in [9.17, 15) is 5.11 Å². The zero-order valence-electron chi connectivity index (χ0n) is 15.8. The van der Waals surface area contributed by atoms with Gasteiger partial charge in [0.25, 0.3) is 0 Å². The third-order valence-electron chi connectivity index (χ3n) is 4.47. The molecule has 0 amide bonds. The molecule has 0 saturated carbocycles. The average molecular weight is 391 g/mol. The molecule has 6 heteroatoms. The Labute approximate surface area is 168 Å². The quantitative estimate of drug-likeness (QED) is 0.439. The van der Waals surface area contributed by atoms with Gasteiger partial charge >= 0.3 is 0 Å². The number of nitrogens with zero attached hydrogens (tertiary/aromatic N) is 2. The molecule has 28 heavy (non-hydrogen) atoms. The second kappa shape index (κ2) is 7.96. The molecule has 0 saturated heterocycles.